The number of nitrogens with one attached hydrogen (secondary N) is 2. The fraction of sp³-hybridized carbons (Fsp3) is 0.857. The Hall–Kier alpha value is -0.810. The summed E-state index contributed by atoms with van der Waals surface area (Å²) in [7, 11) is 1.67. The smallest absolute Gasteiger partial charge is 0.242 e. The van der Waals surface area contributed by atoms with Crippen molar-refractivity contribution in [2.75, 3.05) is 26.7 Å². The van der Waals surface area contributed by atoms with Crippen molar-refractivity contribution >= 4 is 24.2 Å². The first kappa shape index (κ1) is 17.2. The van der Waals surface area contributed by atoms with E-state index in [1.807, 2.05) is 11.8 Å². The molecule has 2 heterocycles. The van der Waals surface area contributed by atoms with E-state index in [2.05, 4.69) is 10.6 Å². The Morgan fingerprint density at radius 3 is 2.40 bits per heavy atom. The van der Waals surface area contributed by atoms with Crippen LogP contribution in [-0.4, -0.2) is 48.9 Å². The summed E-state index contributed by atoms with van der Waals surface area (Å²) in [5, 5.41) is 6.06. The summed E-state index contributed by atoms with van der Waals surface area (Å²) in [6, 6.07) is 0. The Morgan fingerprint density at radius 2 is 1.90 bits per heavy atom. The van der Waals surface area contributed by atoms with Gasteiger partial charge in [-0.05, 0) is 45.6 Å². The molecule has 2 fully saturated rings. The van der Waals surface area contributed by atoms with Crippen LogP contribution in [0.3, 0.4) is 0 Å². The van der Waals surface area contributed by atoms with Gasteiger partial charge < -0.3 is 15.5 Å². The lowest BCUT2D eigenvalue weighted by molar-refractivity contribution is -0.141. The Bertz CT molecular complexity index is 348. The average Bonchev–Trinajstić information content (AvgIpc) is 2.46. The van der Waals surface area contributed by atoms with E-state index in [0.717, 1.165) is 38.6 Å². The second kappa shape index (κ2) is 7.27. The van der Waals surface area contributed by atoms with Crippen LogP contribution in [-0.2, 0) is 9.59 Å². The third-order valence-corrected chi connectivity index (χ3v) is 4.49. The lowest BCUT2D eigenvalue weighted by atomic mass is 9.88. The first-order valence-electron chi connectivity index (χ1n) is 7.33. The number of halogens is 1. The van der Waals surface area contributed by atoms with Gasteiger partial charge in [0.15, 0.2) is 0 Å². The van der Waals surface area contributed by atoms with Crippen molar-refractivity contribution in [3.8, 4) is 0 Å². The fourth-order valence-corrected chi connectivity index (χ4v) is 3.14. The van der Waals surface area contributed by atoms with Crippen LogP contribution < -0.4 is 10.6 Å². The van der Waals surface area contributed by atoms with Crippen molar-refractivity contribution in [1.29, 1.82) is 0 Å². The van der Waals surface area contributed by atoms with Crippen LogP contribution in [0.15, 0.2) is 0 Å². The van der Waals surface area contributed by atoms with Gasteiger partial charge in [0.05, 0.1) is 5.54 Å². The highest BCUT2D eigenvalue weighted by Gasteiger charge is 2.39. The predicted molar refractivity (Wildman–Crippen MR) is 80.9 cm³/mol. The highest BCUT2D eigenvalue weighted by atomic mass is 35.5. The van der Waals surface area contributed by atoms with Crippen LogP contribution in [0.1, 0.15) is 39.0 Å². The molecular weight excluding hydrogens is 278 g/mol. The van der Waals surface area contributed by atoms with E-state index >= 15 is 0 Å². The Morgan fingerprint density at radius 1 is 1.25 bits per heavy atom. The van der Waals surface area contributed by atoms with Gasteiger partial charge in [-0.3, -0.25) is 9.59 Å². The van der Waals surface area contributed by atoms with E-state index in [-0.39, 0.29) is 30.1 Å². The molecule has 2 amide bonds. The van der Waals surface area contributed by atoms with Gasteiger partial charge in [-0.15, -0.1) is 12.4 Å². The Labute approximate surface area is 127 Å². The summed E-state index contributed by atoms with van der Waals surface area (Å²) in [5.41, 5.74) is -0.391. The number of piperidine rings is 2. The summed E-state index contributed by atoms with van der Waals surface area (Å²) in [6.45, 7) is 4.35. The van der Waals surface area contributed by atoms with Crippen molar-refractivity contribution < 1.29 is 9.59 Å². The first-order valence-corrected chi connectivity index (χ1v) is 7.33. The molecule has 2 N–H and O–H groups in total. The largest absolute Gasteiger partial charge is 0.359 e. The van der Waals surface area contributed by atoms with Gasteiger partial charge in [-0.2, -0.15) is 0 Å². The molecule has 0 bridgehead atoms. The van der Waals surface area contributed by atoms with Crippen molar-refractivity contribution in [3.05, 3.63) is 0 Å². The third kappa shape index (κ3) is 3.64. The van der Waals surface area contributed by atoms with Gasteiger partial charge in [0, 0.05) is 26.1 Å². The van der Waals surface area contributed by atoms with Gasteiger partial charge in [0.25, 0.3) is 0 Å². The highest BCUT2D eigenvalue weighted by Crippen LogP contribution is 2.25. The summed E-state index contributed by atoms with van der Waals surface area (Å²) in [5.74, 6) is 0.387. The summed E-state index contributed by atoms with van der Waals surface area (Å²) in [4.78, 5) is 26.1. The Kier molecular flexibility index (Phi) is 6.27. The van der Waals surface area contributed by atoms with Gasteiger partial charge in [0.2, 0.25) is 11.8 Å². The second-order valence-corrected chi connectivity index (χ2v) is 5.90. The van der Waals surface area contributed by atoms with Gasteiger partial charge >= 0.3 is 0 Å². The van der Waals surface area contributed by atoms with Crippen molar-refractivity contribution in [3.63, 3.8) is 0 Å². The number of amides is 2. The number of carbonyl (C=O) groups is 2. The van der Waals surface area contributed by atoms with E-state index in [1.165, 1.54) is 0 Å². The van der Waals surface area contributed by atoms with Crippen LogP contribution in [0.5, 0.6) is 0 Å². The molecule has 116 valence electrons. The standard InChI is InChI=1S/C14H25N3O2.ClH/c1-14(7-3-4-8-16-14)13(19)17-9-5-11(6-10-17)12(18)15-2;/h11,16H,3-10H2,1-2H3,(H,15,18);1H. The zero-order chi connectivity index (χ0) is 13.9. The normalized spacial score (nSPS) is 27.6. The molecule has 1 unspecified atom stereocenters. The van der Waals surface area contributed by atoms with Crippen molar-refractivity contribution in [2.24, 2.45) is 5.92 Å². The van der Waals surface area contributed by atoms with Crippen LogP contribution >= 0.6 is 12.4 Å². The van der Waals surface area contributed by atoms with Crippen LogP contribution in [0.25, 0.3) is 0 Å². The molecule has 0 aromatic heterocycles. The van der Waals surface area contributed by atoms with Gasteiger partial charge in [-0.1, -0.05) is 0 Å². The third-order valence-electron chi connectivity index (χ3n) is 4.49. The molecule has 0 saturated carbocycles. The zero-order valence-corrected chi connectivity index (χ0v) is 13.2. The molecule has 0 aliphatic carbocycles. The monoisotopic (exact) mass is 303 g/mol. The zero-order valence-electron chi connectivity index (χ0n) is 12.4. The SMILES string of the molecule is CNC(=O)C1CCN(C(=O)C2(C)CCCCN2)CC1.Cl. The minimum absolute atomic E-state index is 0. The maximum Gasteiger partial charge on any atom is 0.242 e. The molecule has 0 aromatic carbocycles. The van der Waals surface area contributed by atoms with E-state index in [0.29, 0.717) is 13.1 Å². The second-order valence-electron chi connectivity index (χ2n) is 5.90. The van der Waals surface area contributed by atoms with Crippen LogP contribution in [0.2, 0.25) is 0 Å². The number of nitrogens with zero attached hydrogens (tertiary/aromatic N) is 1. The number of hydrogen-bond acceptors (Lipinski definition) is 3. The Balaban J connectivity index is 0.00000200. The fourth-order valence-electron chi connectivity index (χ4n) is 3.14. The average molecular weight is 304 g/mol. The molecule has 5 nitrogen and oxygen atoms in total. The maximum atomic E-state index is 12.6. The quantitative estimate of drug-likeness (QED) is 0.797. The van der Waals surface area contributed by atoms with Crippen molar-refractivity contribution in [1.82, 2.24) is 15.5 Å². The number of rotatable bonds is 2. The molecule has 0 spiro atoms. The molecule has 20 heavy (non-hydrogen) atoms. The molecule has 1 atom stereocenters. The van der Waals surface area contributed by atoms with E-state index in [4.69, 9.17) is 0 Å². The maximum absolute atomic E-state index is 12.6. The molecule has 2 rings (SSSR count). The molecule has 6 heteroatoms. The predicted octanol–water partition coefficient (Wildman–Crippen LogP) is 0.925. The van der Waals surface area contributed by atoms with E-state index in [1.54, 1.807) is 7.05 Å². The molecule has 2 aliphatic rings. The minimum atomic E-state index is -0.391. The summed E-state index contributed by atoms with van der Waals surface area (Å²) >= 11 is 0. The highest BCUT2D eigenvalue weighted by molar-refractivity contribution is 5.86. The molecule has 0 radical (unpaired) electrons. The van der Waals surface area contributed by atoms with Crippen molar-refractivity contribution in [2.45, 2.75) is 44.6 Å². The summed E-state index contributed by atoms with van der Waals surface area (Å²) < 4.78 is 0. The molecule has 2 saturated heterocycles. The van der Waals surface area contributed by atoms with Crippen LogP contribution in [0.4, 0.5) is 0 Å². The summed E-state index contributed by atoms with van der Waals surface area (Å²) in [6.07, 6.45) is 4.75. The van der Waals surface area contributed by atoms with Gasteiger partial charge in [0.1, 0.15) is 0 Å². The number of likely N-dealkylation sites (tertiary alicyclic amines) is 1. The number of hydrogen-bond donors (Lipinski definition) is 2. The van der Waals surface area contributed by atoms with Crippen LogP contribution in [0, 0.1) is 5.92 Å². The van der Waals surface area contributed by atoms with Gasteiger partial charge in [-0.25, -0.2) is 0 Å². The van der Waals surface area contributed by atoms with E-state index < -0.39 is 5.54 Å². The lowest BCUT2D eigenvalue weighted by Gasteiger charge is -2.40. The topological polar surface area (TPSA) is 61.4 Å². The molecular formula is C14H26ClN3O2. The molecule has 0 aromatic rings. The van der Waals surface area contributed by atoms with E-state index in [9.17, 15) is 9.59 Å². The lowest BCUT2D eigenvalue weighted by Crippen LogP contribution is -2.59. The first-order chi connectivity index (χ1) is 9.07. The molecule has 2 aliphatic heterocycles. The number of carbonyl (C=O) groups excluding carboxylic acids is 2. The minimum Gasteiger partial charge on any atom is -0.359 e.